The summed E-state index contributed by atoms with van der Waals surface area (Å²) in [4.78, 5) is 12.9. The molecule has 0 heterocycles. The number of hydrogen-bond donors (Lipinski definition) is 2. The highest BCUT2D eigenvalue weighted by molar-refractivity contribution is 7.89. The summed E-state index contributed by atoms with van der Waals surface area (Å²) in [5, 5.41) is 2.99. The molecule has 1 unspecified atom stereocenters. The van der Waals surface area contributed by atoms with Crippen molar-refractivity contribution in [2.45, 2.75) is 75.8 Å². The molecule has 0 aromatic heterocycles. The van der Waals surface area contributed by atoms with Crippen LogP contribution in [-0.4, -0.2) is 27.5 Å². The van der Waals surface area contributed by atoms with Crippen LogP contribution in [0.25, 0.3) is 0 Å². The molecule has 34 heavy (non-hydrogen) atoms. The molecule has 1 atom stereocenters. The maximum Gasteiger partial charge on any atom is 0.240 e. The third-order valence-electron chi connectivity index (χ3n) is 6.44. The van der Waals surface area contributed by atoms with Gasteiger partial charge in [0.05, 0.1) is 18.0 Å². The number of rotatable bonds is 7. The minimum Gasteiger partial charge on any atom is -0.496 e. The van der Waals surface area contributed by atoms with Crippen LogP contribution >= 0.6 is 0 Å². The molecule has 0 radical (unpaired) electrons. The molecule has 1 fully saturated rings. The molecule has 0 aliphatic heterocycles. The number of carbonyl (C=O) groups excluding carboxylic acids is 1. The maximum atomic E-state index is 13.1. The van der Waals surface area contributed by atoms with E-state index >= 15 is 0 Å². The third-order valence-corrected chi connectivity index (χ3v) is 7.96. The Morgan fingerprint density at radius 3 is 2.24 bits per heavy atom. The van der Waals surface area contributed by atoms with Gasteiger partial charge in [0, 0.05) is 17.5 Å². The zero-order valence-electron chi connectivity index (χ0n) is 20.5. The summed E-state index contributed by atoms with van der Waals surface area (Å²) in [6, 6.07) is 10.6. The Bertz CT molecular complexity index is 1100. The maximum absolute atomic E-state index is 13.1. The van der Waals surface area contributed by atoms with Gasteiger partial charge in [-0.3, -0.25) is 4.79 Å². The van der Waals surface area contributed by atoms with Crippen LogP contribution in [0.2, 0.25) is 0 Å². The first kappa shape index (κ1) is 26.2. The number of halogens is 1. The number of sulfonamides is 1. The van der Waals surface area contributed by atoms with Gasteiger partial charge in [-0.25, -0.2) is 17.5 Å². The molecule has 1 saturated carbocycles. The van der Waals surface area contributed by atoms with Crippen molar-refractivity contribution in [2.24, 2.45) is 5.92 Å². The molecule has 1 aliphatic carbocycles. The van der Waals surface area contributed by atoms with E-state index in [1.807, 2.05) is 27.7 Å². The van der Waals surface area contributed by atoms with Gasteiger partial charge in [0.15, 0.2) is 0 Å². The fraction of sp³-hybridized carbons (Fsp3) is 0.500. The number of methoxy groups -OCH3 is 1. The molecule has 2 aromatic carbocycles. The molecular weight excluding hydrogens is 455 g/mol. The fourth-order valence-corrected chi connectivity index (χ4v) is 5.70. The van der Waals surface area contributed by atoms with Crippen molar-refractivity contribution in [2.75, 3.05) is 7.11 Å². The molecule has 0 spiro atoms. The highest BCUT2D eigenvalue weighted by Crippen LogP contribution is 2.33. The monoisotopic (exact) mass is 490 g/mol. The van der Waals surface area contributed by atoms with E-state index in [9.17, 15) is 17.6 Å². The van der Waals surface area contributed by atoms with E-state index in [4.69, 9.17) is 4.74 Å². The van der Waals surface area contributed by atoms with E-state index in [2.05, 4.69) is 10.0 Å². The predicted molar refractivity (Wildman–Crippen MR) is 131 cm³/mol. The van der Waals surface area contributed by atoms with E-state index in [0.717, 1.165) is 11.1 Å². The van der Waals surface area contributed by atoms with Crippen molar-refractivity contribution in [3.8, 4) is 5.75 Å². The lowest BCUT2D eigenvalue weighted by molar-refractivity contribution is -0.126. The average Bonchev–Trinajstić information content (AvgIpc) is 2.78. The van der Waals surface area contributed by atoms with Crippen LogP contribution < -0.4 is 14.8 Å². The SMILES string of the molecule is COc1ccc(S(=O)(=O)NC2CCC(C(=O)NC(C)c3ccc(F)cc3)CC2)cc1C(C)(C)C. The van der Waals surface area contributed by atoms with Crippen LogP contribution in [-0.2, 0) is 20.2 Å². The summed E-state index contributed by atoms with van der Waals surface area (Å²) in [6.45, 7) is 7.90. The number of hydrogen-bond acceptors (Lipinski definition) is 4. The van der Waals surface area contributed by atoms with Gasteiger partial charge in [0.1, 0.15) is 11.6 Å². The van der Waals surface area contributed by atoms with Crippen LogP contribution in [0.1, 0.15) is 70.5 Å². The van der Waals surface area contributed by atoms with Gasteiger partial charge in [-0.1, -0.05) is 32.9 Å². The van der Waals surface area contributed by atoms with Gasteiger partial charge in [-0.15, -0.1) is 0 Å². The van der Waals surface area contributed by atoms with Gasteiger partial charge in [0.25, 0.3) is 0 Å². The average molecular weight is 491 g/mol. The molecule has 3 rings (SSSR count). The molecule has 6 nitrogen and oxygen atoms in total. The second-order valence-corrected chi connectivity index (χ2v) is 11.8. The molecule has 2 N–H and O–H groups in total. The lowest BCUT2D eigenvalue weighted by Gasteiger charge is -2.29. The highest BCUT2D eigenvalue weighted by Gasteiger charge is 2.30. The molecule has 1 amide bonds. The Kier molecular flexibility index (Phi) is 8.03. The second-order valence-electron chi connectivity index (χ2n) is 10.1. The normalized spacial score (nSPS) is 19.9. The van der Waals surface area contributed by atoms with Crippen LogP contribution in [0.4, 0.5) is 4.39 Å². The first-order valence-electron chi connectivity index (χ1n) is 11.7. The first-order chi connectivity index (χ1) is 15.9. The summed E-state index contributed by atoms with van der Waals surface area (Å²) >= 11 is 0. The Hall–Kier alpha value is -2.45. The Balaban J connectivity index is 1.59. The van der Waals surface area contributed by atoms with Crippen molar-refractivity contribution in [3.63, 3.8) is 0 Å². The number of amides is 1. The number of ether oxygens (including phenoxy) is 1. The Morgan fingerprint density at radius 2 is 1.68 bits per heavy atom. The number of nitrogens with one attached hydrogen (secondary N) is 2. The third kappa shape index (κ3) is 6.36. The van der Waals surface area contributed by atoms with E-state index in [-0.39, 0.29) is 40.0 Å². The minimum absolute atomic E-state index is 0.0527. The molecular formula is C26H35FN2O4S. The van der Waals surface area contributed by atoms with E-state index in [1.165, 1.54) is 12.1 Å². The van der Waals surface area contributed by atoms with Crippen molar-refractivity contribution in [1.29, 1.82) is 0 Å². The lowest BCUT2D eigenvalue weighted by atomic mass is 9.85. The molecule has 1 aliphatic rings. The van der Waals surface area contributed by atoms with Gasteiger partial charge in [-0.2, -0.15) is 0 Å². The van der Waals surface area contributed by atoms with Crippen LogP contribution in [0.15, 0.2) is 47.4 Å². The van der Waals surface area contributed by atoms with E-state index < -0.39 is 10.0 Å². The van der Waals surface area contributed by atoms with Gasteiger partial charge in [0.2, 0.25) is 15.9 Å². The van der Waals surface area contributed by atoms with E-state index in [1.54, 1.807) is 37.4 Å². The standard InChI is InChI=1S/C26H35FN2O4S/c1-17(18-6-10-20(27)11-7-18)28-25(30)19-8-12-21(13-9-19)29-34(31,32)22-14-15-24(33-5)23(16-22)26(2,3)4/h6-7,10-11,14-17,19,21,29H,8-9,12-13H2,1-5H3,(H,28,30). The quantitative estimate of drug-likeness (QED) is 0.581. The molecule has 186 valence electrons. The Morgan fingerprint density at radius 1 is 1.06 bits per heavy atom. The zero-order chi connectivity index (χ0) is 25.1. The van der Waals surface area contributed by atoms with Crippen LogP contribution in [0.3, 0.4) is 0 Å². The second kappa shape index (κ2) is 10.4. The van der Waals surface area contributed by atoms with Crippen molar-refractivity contribution in [3.05, 3.63) is 59.4 Å². The summed E-state index contributed by atoms with van der Waals surface area (Å²) < 4.78 is 47.5. The molecule has 8 heteroatoms. The Labute approximate surface area is 202 Å². The van der Waals surface area contributed by atoms with Crippen molar-refractivity contribution in [1.82, 2.24) is 10.0 Å². The first-order valence-corrected chi connectivity index (χ1v) is 13.2. The highest BCUT2D eigenvalue weighted by atomic mass is 32.2. The smallest absolute Gasteiger partial charge is 0.240 e. The van der Waals surface area contributed by atoms with Crippen molar-refractivity contribution >= 4 is 15.9 Å². The lowest BCUT2D eigenvalue weighted by Crippen LogP contribution is -2.41. The van der Waals surface area contributed by atoms with Crippen molar-refractivity contribution < 1.29 is 22.3 Å². The predicted octanol–water partition coefficient (Wildman–Crippen LogP) is 4.85. The minimum atomic E-state index is -3.70. The van der Waals surface area contributed by atoms with E-state index in [0.29, 0.717) is 31.4 Å². The summed E-state index contributed by atoms with van der Waals surface area (Å²) in [5.74, 6) is 0.125. The fourth-order valence-electron chi connectivity index (χ4n) is 4.37. The van der Waals surface area contributed by atoms with Gasteiger partial charge in [-0.05, 0) is 73.9 Å². The molecule has 0 saturated heterocycles. The number of carbonyl (C=O) groups is 1. The van der Waals surface area contributed by atoms with Crippen LogP contribution in [0.5, 0.6) is 5.75 Å². The summed E-state index contributed by atoms with van der Waals surface area (Å²) in [5.41, 5.74) is 1.40. The molecule has 2 aromatic rings. The zero-order valence-corrected chi connectivity index (χ0v) is 21.3. The summed E-state index contributed by atoms with van der Waals surface area (Å²) in [6.07, 6.45) is 2.38. The topological polar surface area (TPSA) is 84.5 Å². The molecule has 0 bridgehead atoms. The van der Waals surface area contributed by atoms with Crippen LogP contribution in [0, 0.1) is 11.7 Å². The largest absolute Gasteiger partial charge is 0.496 e. The number of benzene rings is 2. The summed E-state index contributed by atoms with van der Waals surface area (Å²) in [7, 11) is -2.13. The van der Waals surface area contributed by atoms with Gasteiger partial charge >= 0.3 is 0 Å². The van der Waals surface area contributed by atoms with Gasteiger partial charge < -0.3 is 10.1 Å².